The van der Waals surface area contributed by atoms with E-state index in [1.165, 1.54) is 24.1 Å². The van der Waals surface area contributed by atoms with Gasteiger partial charge in [0.05, 0.1) is 25.6 Å². The van der Waals surface area contributed by atoms with Crippen LogP contribution < -0.4 is 5.73 Å². The van der Waals surface area contributed by atoms with E-state index in [0.717, 1.165) is 0 Å². The number of aromatic nitrogens is 2. The van der Waals surface area contributed by atoms with Crippen LogP contribution in [0.1, 0.15) is 40.4 Å². The molecule has 0 aliphatic heterocycles. The molecule has 0 unspecified atom stereocenters. The van der Waals surface area contributed by atoms with Gasteiger partial charge in [-0.25, -0.2) is 19.0 Å². The highest BCUT2D eigenvalue weighted by molar-refractivity contribution is 9.10. The Balaban J connectivity index is 2.46. The van der Waals surface area contributed by atoms with E-state index in [1.54, 1.807) is 26.0 Å². The van der Waals surface area contributed by atoms with E-state index < -0.39 is 23.3 Å². The maximum Gasteiger partial charge on any atom is 0.359 e. The Hall–Kier alpha value is -2.26. The predicted octanol–water partition coefficient (Wildman–Crippen LogP) is 2.62. The maximum absolute atomic E-state index is 14.2. The predicted molar refractivity (Wildman–Crippen MR) is 95.2 cm³/mol. The van der Waals surface area contributed by atoms with Gasteiger partial charge in [0.25, 0.3) is 0 Å². The second kappa shape index (κ2) is 7.96. The summed E-state index contributed by atoms with van der Waals surface area (Å²) in [7, 11) is 1.18. The van der Waals surface area contributed by atoms with Crippen molar-refractivity contribution in [2.75, 3.05) is 13.7 Å². The Kier molecular flexibility index (Phi) is 6.14. The zero-order valence-corrected chi connectivity index (χ0v) is 16.2. The molecule has 0 saturated heterocycles. The molecule has 0 aliphatic rings. The molecule has 1 aromatic heterocycles. The van der Waals surface area contributed by atoms with Gasteiger partial charge in [-0.15, -0.1) is 0 Å². The second-order valence-corrected chi connectivity index (χ2v) is 6.74. The molecule has 1 aromatic carbocycles. The quantitative estimate of drug-likeness (QED) is 0.711. The number of methoxy groups -OCH3 is 1. The first-order valence-corrected chi connectivity index (χ1v) is 8.55. The fourth-order valence-electron chi connectivity index (χ4n) is 2.54. The third-order valence-electron chi connectivity index (χ3n) is 3.73. The molecule has 2 aromatic rings. The Bertz CT molecular complexity index is 835. The van der Waals surface area contributed by atoms with Gasteiger partial charge in [-0.3, -0.25) is 0 Å². The lowest BCUT2D eigenvalue weighted by Crippen LogP contribution is -2.39. The Morgan fingerprint density at radius 1 is 1.38 bits per heavy atom. The minimum absolute atomic E-state index is 0.0167. The highest BCUT2D eigenvalue weighted by Gasteiger charge is 2.31. The normalized spacial score (nSPS) is 13.2. The minimum atomic E-state index is -1.19. The van der Waals surface area contributed by atoms with E-state index in [2.05, 4.69) is 20.9 Å². The lowest BCUT2D eigenvalue weighted by atomic mass is 9.92. The van der Waals surface area contributed by atoms with Crippen molar-refractivity contribution in [3.63, 3.8) is 0 Å². The molecule has 0 aliphatic carbocycles. The summed E-state index contributed by atoms with van der Waals surface area (Å²) in [5.41, 5.74) is 5.09. The fourth-order valence-corrected chi connectivity index (χ4v) is 2.90. The van der Waals surface area contributed by atoms with Crippen LogP contribution >= 0.6 is 15.9 Å². The second-order valence-electron chi connectivity index (χ2n) is 5.82. The molecule has 0 radical (unpaired) electrons. The number of nitrogens with two attached hydrogens (primary N) is 1. The van der Waals surface area contributed by atoms with Crippen LogP contribution in [-0.2, 0) is 21.6 Å². The minimum Gasteiger partial charge on any atom is -0.464 e. The molecular formula is C17H19BrFN3O4. The van der Waals surface area contributed by atoms with Crippen molar-refractivity contribution in [3.05, 3.63) is 51.8 Å². The number of rotatable bonds is 6. The molecule has 2 rings (SSSR count). The number of hydrogen-bond acceptors (Lipinski definition) is 6. The van der Waals surface area contributed by atoms with Gasteiger partial charge in [0, 0.05) is 16.6 Å². The van der Waals surface area contributed by atoms with Crippen molar-refractivity contribution in [2.24, 2.45) is 5.73 Å². The van der Waals surface area contributed by atoms with Gasteiger partial charge >= 0.3 is 11.9 Å². The molecule has 0 fully saturated rings. The Morgan fingerprint density at radius 3 is 2.69 bits per heavy atom. The number of carbonyl (C=O) groups is 2. The van der Waals surface area contributed by atoms with Crippen LogP contribution in [0.2, 0.25) is 0 Å². The molecule has 26 heavy (non-hydrogen) atoms. The van der Waals surface area contributed by atoms with Crippen molar-refractivity contribution in [2.45, 2.75) is 25.9 Å². The highest BCUT2D eigenvalue weighted by Crippen LogP contribution is 2.27. The summed E-state index contributed by atoms with van der Waals surface area (Å²) in [5, 5.41) is 0. The first kappa shape index (κ1) is 20.1. The summed E-state index contributed by atoms with van der Waals surface area (Å²) in [6.07, 6.45) is 1.28. The number of esters is 2. The zero-order valence-electron chi connectivity index (χ0n) is 14.6. The fraction of sp³-hybridized carbons (Fsp3) is 0.353. The van der Waals surface area contributed by atoms with Gasteiger partial charge in [0.2, 0.25) is 0 Å². The summed E-state index contributed by atoms with van der Waals surface area (Å²) < 4.78 is 25.9. The number of imidazole rings is 1. The van der Waals surface area contributed by atoms with Crippen LogP contribution in [0.4, 0.5) is 4.39 Å². The molecule has 7 nitrogen and oxygen atoms in total. The maximum atomic E-state index is 14.2. The van der Waals surface area contributed by atoms with Crippen LogP contribution in [-0.4, -0.2) is 35.2 Å². The van der Waals surface area contributed by atoms with Crippen molar-refractivity contribution in [1.82, 2.24) is 9.55 Å². The summed E-state index contributed by atoms with van der Waals surface area (Å²) in [6, 6.07) is 4.42. The average molecular weight is 428 g/mol. The van der Waals surface area contributed by atoms with Gasteiger partial charge in [-0.1, -0.05) is 15.9 Å². The third-order valence-corrected chi connectivity index (χ3v) is 4.22. The number of halogens is 2. The zero-order chi connectivity index (χ0) is 19.5. The van der Waals surface area contributed by atoms with Crippen LogP contribution in [0.5, 0.6) is 0 Å². The van der Waals surface area contributed by atoms with Crippen molar-refractivity contribution < 1.29 is 23.5 Å². The van der Waals surface area contributed by atoms with Crippen LogP contribution in [0.3, 0.4) is 0 Å². The Morgan fingerprint density at radius 2 is 2.08 bits per heavy atom. The molecule has 0 amide bonds. The number of nitrogens with zero attached hydrogens (tertiary/aromatic N) is 2. The average Bonchev–Trinajstić information content (AvgIpc) is 2.99. The first-order valence-electron chi connectivity index (χ1n) is 7.76. The van der Waals surface area contributed by atoms with Gasteiger partial charge in [0.15, 0.2) is 11.4 Å². The van der Waals surface area contributed by atoms with E-state index in [9.17, 15) is 14.0 Å². The Labute approximate surface area is 158 Å². The molecular weight excluding hydrogens is 409 g/mol. The van der Waals surface area contributed by atoms with Crippen LogP contribution in [0.25, 0.3) is 0 Å². The number of carbonyl (C=O) groups excluding carboxylic acids is 2. The van der Waals surface area contributed by atoms with Gasteiger partial charge < -0.3 is 19.8 Å². The topological polar surface area (TPSA) is 96.4 Å². The number of benzene rings is 1. The van der Waals surface area contributed by atoms with Gasteiger partial charge in [-0.2, -0.15) is 0 Å². The van der Waals surface area contributed by atoms with Crippen LogP contribution in [0, 0.1) is 5.82 Å². The number of hydrogen-bond donors (Lipinski definition) is 1. The lowest BCUT2D eigenvalue weighted by molar-refractivity contribution is 0.0494. The highest BCUT2D eigenvalue weighted by atomic mass is 79.9. The third kappa shape index (κ3) is 4.10. The summed E-state index contributed by atoms with van der Waals surface area (Å²) in [5.74, 6) is -2.00. The van der Waals surface area contributed by atoms with Crippen molar-refractivity contribution >= 4 is 27.9 Å². The standard InChI is InChI=1S/C17H19BrFN3O4/c1-4-26-15(23)13-14(16(24)25-3)22(9-21-13)8-17(2,20)11-7-10(18)5-6-12(11)19/h5-7,9H,4,8,20H2,1-3H3/t17-/m0/s1. The first-order chi connectivity index (χ1) is 12.2. The van der Waals surface area contributed by atoms with E-state index in [4.69, 9.17) is 15.2 Å². The van der Waals surface area contributed by atoms with E-state index >= 15 is 0 Å². The summed E-state index contributed by atoms with van der Waals surface area (Å²) in [4.78, 5) is 28.1. The lowest BCUT2D eigenvalue weighted by Gasteiger charge is -2.27. The van der Waals surface area contributed by atoms with Crippen LogP contribution in [0.15, 0.2) is 29.0 Å². The largest absolute Gasteiger partial charge is 0.464 e. The smallest absolute Gasteiger partial charge is 0.359 e. The molecule has 9 heteroatoms. The molecule has 1 atom stereocenters. The molecule has 1 heterocycles. The monoisotopic (exact) mass is 427 g/mol. The number of ether oxygens (including phenoxy) is 2. The van der Waals surface area contributed by atoms with Gasteiger partial charge in [-0.05, 0) is 32.0 Å². The van der Waals surface area contributed by atoms with E-state index in [0.29, 0.717) is 4.47 Å². The summed E-state index contributed by atoms with van der Waals surface area (Å²) >= 11 is 3.29. The van der Waals surface area contributed by atoms with E-state index in [1.807, 2.05) is 0 Å². The summed E-state index contributed by atoms with van der Waals surface area (Å²) in [6.45, 7) is 3.37. The van der Waals surface area contributed by atoms with E-state index in [-0.39, 0.29) is 30.1 Å². The van der Waals surface area contributed by atoms with Gasteiger partial charge in [0.1, 0.15) is 5.82 Å². The van der Waals surface area contributed by atoms with Crippen molar-refractivity contribution in [3.8, 4) is 0 Å². The molecule has 2 N–H and O–H groups in total. The molecule has 0 spiro atoms. The van der Waals surface area contributed by atoms with Crippen molar-refractivity contribution in [1.29, 1.82) is 0 Å². The molecule has 140 valence electrons. The SMILES string of the molecule is CCOC(=O)c1ncn(C[C@](C)(N)c2cc(Br)ccc2F)c1C(=O)OC. The molecule has 0 bridgehead atoms. The molecule has 0 saturated carbocycles.